The van der Waals surface area contributed by atoms with Crippen LogP contribution in [-0.4, -0.2) is 22.5 Å². The zero-order chi connectivity index (χ0) is 19.1. The van der Waals surface area contributed by atoms with Crippen molar-refractivity contribution in [1.29, 1.82) is 0 Å². The maximum Gasteiger partial charge on any atom is 0.272 e. The molecule has 0 N–H and O–H groups in total. The lowest BCUT2D eigenvalue weighted by atomic mass is 9.94. The molecule has 0 aromatic heterocycles. The summed E-state index contributed by atoms with van der Waals surface area (Å²) in [5.41, 5.74) is 6.56. The number of hydrogen-bond acceptors (Lipinski definition) is 2. The molecule has 2 aliphatic heterocycles. The first-order valence-corrected chi connectivity index (χ1v) is 9.75. The lowest BCUT2D eigenvalue weighted by Gasteiger charge is -2.38. The van der Waals surface area contributed by atoms with Crippen LogP contribution in [0.3, 0.4) is 0 Å². The number of carbonyl (C=O) groups is 1. The van der Waals surface area contributed by atoms with Gasteiger partial charge in [0.15, 0.2) is 0 Å². The number of fused-ring (bicyclic) bond motifs is 3. The van der Waals surface area contributed by atoms with Crippen molar-refractivity contribution in [3.63, 3.8) is 0 Å². The van der Waals surface area contributed by atoms with Gasteiger partial charge < -0.3 is 0 Å². The number of hydrazine groups is 1. The number of nitrogens with zero attached hydrogens (tertiary/aromatic N) is 2. The lowest BCUT2D eigenvalue weighted by molar-refractivity contribution is 0.0168. The molecule has 0 radical (unpaired) electrons. The number of carbonyl (C=O) groups excluding carboxylic acids is 1. The van der Waals surface area contributed by atoms with Crippen molar-refractivity contribution in [2.75, 3.05) is 6.54 Å². The SMILES string of the molecule is Cc1ccc(C(=O)N2C(c3ccccc3)=CC3c4ccccc4CCN32)cc1. The van der Waals surface area contributed by atoms with E-state index in [4.69, 9.17) is 0 Å². The molecule has 0 saturated heterocycles. The van der Waals surface area contributed by atoms with Crippen LogP contribution in [0.2, 0.25) is 0 Å². The van der Waals surface area contributed by atoms with E-state index in [-0.39, 0.29) is 11.9 Å². The molecule has 2 heterocycles. The smallest absolute Gasteiger partial charge is 0.267 e. The van der Waals surface area contributed by atoms with Gasteiger partial charge in [0.25, 0.3) is 5.91 Å². The van der Waals surface area contributed by atoms with E-state index in [9.17, 15) is 4.79 Å². The van der Waals surface area contributed by atoms with Crippen molar-refractivity contribution in [1.82, 2.24) is 10.0 Å². The van der Waals surface area contributed by atoms with E-state index in [0.29, 0.717) is 5.56 Å². The number of amides is 1. The van der Waals surface area contributed by atoms with Crippen LogP contribution < -0.4 is 0 Å². The minimum atomic E-state index is 0.0250. The molecule has 0 saturated carbocycles. The molecular weight excluding hydrogens is 344 g/mol. The predicted octanol–water partition coefficient (Wildman–Crippen LogP) is 5.01. The third-order valence-corrected chi connectivity index (χ3v) is 5.67. The molecule has 3 aromatic carbocycles. The van der Waals surface area contributed by atoms with Crippen molar-refractivity contribution in [2.24, 2.45) is 0 Å². The molecule has 0 spiro atoms. The molecule has 3 heteroatoms. The molecular formula is C25H22N2O. The Morgan fingerprint density at radius 1 is 0.893 bits per heavy atom. The Labute approximate surface area is 165 Å². The second-order valence-corrected chi connectivity index (χ2v) is 7.46. The molecule has 3 aromatic rings. The first kappa shape index (κ1) is 17.0. The topological polar surface area (TPSA) is 23.6 Å². The molecule has 3 nitrogen and oxygen atoms in total. The summed E-state index contributed by atoms with van der Waals surface area (Å²) in [5.74, 6) is 0.0250. The zero-order valence-corrected chi connectivity index (χ0v) is 15.9. The van der Waals surface area contributed by atoms with Crippen molar-refractivity contribution < 1.29 is 4.79 Å². The van der Waals surface area contributed by atoms with E-state index in [1.165, 1.54) is 11.1 Å². The summed E-state index contributed by atoms with van der Waals surface area (Å²) in [7, 11) is 0. The average Bonchev–Trinajstić information content (AvgIpc) is 3.14. The summed E-state index contributed by atoms with van der Waals surface area (Å²) >= 11 is 0. The third kappa shape index (κ3) is 2.76. The minimum absolute atomic E-state index is 0.0250. The zero-order valence-electron chi connectivity index (χ0n) is 15.9. The van der Waals surface area contributed by atoms with Crippen LogP contribution in [0.25, 0.3) is 5.70 Å². The summed E-state index contributed by atoms with van der Waals surface area (Å²) in [4.78, 5) is 13.6. The van der Waals surface area contributed by atoms with Gasteiger partial charge in [0.2, 0.25) is 0 Å². The van der Waals surface area contributed by atoms with Crippen LogP contribution in [0.1, 0.15) is 38.7 Å². The van der Waals surface area contributed by atoms with Gasteiger partial charge in [-0.25, -0.2) is 10.0 Å². The Hall–Kier alpha value is -3.17. The second-order valence-electron chi connectivity index (χ2n) is 7.46. The van der Waals surface area contributed by atoms with Gasteiger partial charge in [-0.15, -0.1) is 0 Å². The second kappa shape index (κ2) is 6.77. The Bertz CT molecular complexity index is 1050. The molecule has 0 bridgehead atoms. The number of hydrogen-bond donors (Lipinski definition) is 0. The fraction of sp³-hybridized carbons (Fsp3) is 0.160. The van der Waals surface area contributed by atoms with E-state index in [1.54, 1.807) is 0 Å². The number of aryl methyl sites for hydroxylation is 1. The van der Waals surface area contributed by atoms with Crippen molar-refractivity contribution in [3.05, 3.63) is 113 Å². The fourth-order valence-electron chi connectivity index (χ4n) is 4.22. The van der Waals surface area contributed by atoms with Crippen LogP contribution in [0, 0.1) is 6.92 Å². The maximum atomic E-state index is 13.6. The van der Waals surface area contributed by atoms with Crippen LogP contribution in [0.5, 0.6) is 0 Å². The first-order valence-electron chi connectivity index (χ1n) is 9.75. The maximum absolute atomic E-state index is 13.6. The highest BCUT2D eigenvalue weighted by atomic mass is 16.2. The van der Waals surface area contributed by atoms with Gasteiger partial charge in [0.05, 0.1) is 11.7 Å². The molecule has 0 aliphatic carbocycles. The Kier molecular flexibility index (Phi) is 4.10. The molecule has 28 heavy (non-hydrogen) atoms. The van der Waals surface area contributed by atoms with Crippen molar-refractivity contribution in [3.8, 4) is 0 Å². The molecule has 138 valence electrons. The van der Waals surface area contributed by atoms with Crippen LogP contribution >= 0.6 is 0 Å². The van der Waals surface area contributed by atoms with Gasteiger partial charge in [-0.3, -0.25) is 4.79 Å². The van der Waals surface area contributed by atoms with Crippen LogP contribution in [0.4, 0.5) is 0 Å². The molecule has 2 aliphatic rings. The summed E-state index contributed by atoms with van der Waals surface area (Å²) in [6.45, 7) is 2.86. The fourth-order valence-corrected chi connectivity index (χ4v) is 4.22. The van der Waals surface area contributed by atoms with Gasteiger partial charge in [0, 0.05) is 12.1 Å². The summed E-state index contributed by atoms with van der Waals surface area (Å²) in [6.07, 6.45) is 3.18. The standard InChI is InChI=1S/C25H22N2O/c1-18-11-13-21(14-12-18)25(28)27-23(20-8-3-2-4-9-20)17-24-22-10-6-5-7-19(22)15-16-26(24)27/h2-14,17,24H,15-16H2,1H3. The van der Waals surface area contributed by atoms with Gasteiger partial charge in [-0.05, 0) is 48.2 Å². The van der Waals surface area contributed by atoms with Crippen molar-refractivity contribution in [2.45, 2.75) is 19.4 Å². The van der Waals surface area contributed by atoms with Gasteiger partial charge in [0.1, 0.15) is 0 Å². The highest BCUT2D eigenvalue weighted by molar-refractivity contribution is 6.00. The molecule has 5 rings (SSSR count). The van der Waals surface area contributed by atoms with E-state index in [1.807, 2.05) is 54.4 Å². The van der Waals surface area contributed by atoms with E-state index < -0.39 is 0 Å². The molecule has 0 fully saturated rings. The predicted molar refractivity (Wildman–Crippen MR) is 111 cm³/mol. The summed E-state index contributed by atoms with van der Waals surface area (Å²) in [5, 5.41) is 4.10. The first-order chi connectivity index (χ1) is 13.7. The minimum Gasteiger partial charge on any atom is -0.267 e. The Morgan fingerprint density at radius 3 is 2.39 bits per heavy atom. The molecule has 1 unspecified atom stereocenters. The highest BCUT2D eigenvalue weighted by Crippen LogP contribution is 2.42. The summed E-state index contributed by atoms with van der Waals surface area (Å²) in [6, 6.07) is 26.7. The number of rotatable bonds is 2. The van der Waals surface area contributed by atoms with E-state index in [2.05, 4.69) is 47.5 Å². The number of benzene rings is 3. The lowest BCUT2D eigenvalue weighted by Crippen LogP contribution is -2.45. The monoisotopic (exact) mass is 366 g/mol. The van der Waals surface area contributed by atoms with Crippen LogP contribution in [0.15, 0.2) is 84.9 Å². The molecule has 1 amide bonds. The van der Waals surface area contributed by atoms with Gasteiger partial charge in [-0.1, -0.05) is 72.3 Å². The average molecular weight is 366 g/mol. The van der Waals surface area contributed by atoms with Gasteiger partial charge >= 0.3 is 0 Å². The van der Waals surface area contributed by atoms with Crippen molar-refractivity contribution >= 4 is 11.6 Å². The largest absolute Gasteiger partial charge is 0.272 e. The van der Waals surface area contributed by atoms with Crippen LogP contribution in [-0.2, 0) is 6.42 Å². The van der Waals surface area contributed by atoms with E-state index in [0.717, 1.165) is 29.8 Å². The van der Waals surface area contributed by atoms with Gasteiger partial charge in [-0.2, -0.15) is 0 Å². The Balaban J connectivity index is 1.61. The normalized spacial score (nSPS) is 18.4. The quantitative estimate of drug-likeness (QED) is 0.637. The summed E-state index contributed by atoms with van der Waals surface area (Å²) < 4.78 is 0. The van der Waals surface area contributed by atoms with E-state index >= 15 is 0 Å². The Morgan fingerprint density at radius 2 is 1.61 bits per heavy atom. The molecule has 1 atom stereocenters. The highest BCUT2D eigenvalue weighted by Gasteiger charge is 2.40. The third-order valence-electron chi connectivity index (χ3n) is 5.67.